The van der Waals surface area contributed by atoms with E-state index < -0.39 is 0 Å². The summed E-state index contributed by atoms with van der Waals surface area (Å²) in [6.45, 7) is 5.32. The lowest BCUT2D eigenvalue weighted by Gasteiger charge is -2.32. The van der Waals surface area contributed by atoms with Crippen LogP contribution in [0.3, 0.4) is 0 Å². The topological polar surface area (TPSA) is 41.1 Å². The van der Waals surface area contributed by atoms with Crippen LogP contribution in [-0.4, -0.2) is 19.0 Å². The van der Waals surface area contributed by atoms with Crippen LogP contribution in [0.4, 0.5) is 10.1 Å². The van der Waals surface area contributed by atoms with Crippen molar-refractivity contribution in [3.8, 4) is 0 Å². The van der Waals surface area contributed by atoms with Gasteiger partial charge in [0.2, 0.25) is 5.91 Å². The fourth-order valence-corrected chi connectivity index (χ4v) is 2.25. The first-order valence-corrected chi connectivity index (χ1v) is 6.30. The summed E-state index contributed by atoms with van der Waals surface area (Å²) in [5.41, 5.74) is 0.825. The van der Waals surface area contributed by atoms with Crippen molar-refractivity contribution in [2.75, 3.05) is 18.4 Å². The Morgan fingerprint density at radius 3 is 2.79 bits per heavy atom. The molecular formula is C14H20ClFN2O. The molecule has 0 saturated carbocycles. The van der Waals surface area contributed by atoms with Gasteiger partial charge in [-0.15, -0.1) is 12.4 Å². The number of halogens is 2. The van der Waals surface area contributed by atoms with Crippen LogP contribution < -0.4 is 10.6 Å². The SMILES string of the molecule is Cc1cc(NC(=O)C2(C)CCCNC2)ccc1F.Cl. The van der Waals surface area contributed by atoms with Crippen LogP contribution in [0, 0.1) is 18.2 Å². The Hall–Kier alpha value is -1.13. The van der Waals surface area contributed by atoms with Gasteiger partial charge < -0.3 is 10.6 Å². The molecule has 0 spiro atoms. The van der Waals surface area contributed by atoms with E-state index in [-0.39, 0.29) is 29.5 Å². The predicted octanol–water partition coefficient (Wildman–Crippen LogP) is 2.88. The molecule has 1 aromatic rings. The summed E-state index contributed by atoms with van der Waals surface area (Å²) in [4.78, 5) is 12.2. The van der Waals surface area contributed by atoms with Gasteiger partial charge in [-0.25, -0.2) is 4.39 Å². The average Bonchev–Trinajstić information content (AvgIpc) is 2.35. The van der Waals surface area contributed by atoms with E-state index in [1.807, 2.05) is 6.92 Å². The van der Waals surface area contributed by atoms with E-state index in [1.54, 1.807) is 19.1 Å². The summed E-state index contributed by atoms with van der Waals surface area (Å²) < 4.78 is 13.1. The highest BCUT2D eigenvalue weighted by atomic mass is 35.5. The molecule has 3 nitrogen and oxygen atoms in total. The van der Waals surface area contributed by atoms with Crippen LogP contribution in [0.2, 0.25) is 0 Å². The van der Waals surface area contributed by atoms with E-state index in [4.69, 9.17) is 0 Å². The highest BCUT2D eigenvalue weighted by Gasteiger charge is 2.34. The summed E-state index contributed by atoms with van der Waals surface area (Å²) in [5.74, 6) is -0.251. The van der Waals surface area contributed by atoms with Gasteiger partial charge in [-0.05, 0) is 57.0 Å². The van der Waals surface area contributed by atoms with Crippen molar-refractivity contribution < 1.29 is 9.18 Å². The molecule has 1 saturated heterocycles. The van der Waals surface area contributed by atoms with E-state index >= 15 is 0 Å². The minimum atomic E-state index is -0.374. The van der Waals surface area contributed by atoms with Gasteiger partial charge in [0, 0.05) is 12.2 Å². The summed E-state index contributed by atoms with van der Waals surface area (Å²) >= 11 is 0. The van der Waals surface area contributed by atoms with E-state index in [0.29, 0.717) is 17.8 Å². The lowest BCUT2D eigenvalue weighted by molar-refractivity contribution is -0.125. The highest BCUT2D eigenvalue weighted by molar-refractivity contribution is 5.95. The maximum Gasteiger partial charge on any atom is 0.231 e. The molecule has 1 aromatic carbocycles. The summed E-state index contributed by atoms with van der Waals surface area (Å²) in [6, 6.07) is 4.64. The number of hydrogen-bond acceptors (Lipinski definition) is 2. The Labute approximate surface area is 119 Å². The zero-order chi connectivity index (χ0) is 13.2. The van der Waals surface area contributed by atoms with Crippen molar-refractivity contribution in [2.45, 2.75) is 26.7 Å². The zero-order valence-electron chi connectivity index (χ0n) is 11.3. The largest absolute Gasteiger partial charge is 0.326 e. The Bertz CT molecular complexity index is 459. The van der Waals surface area contributed by atoms with Gasteiger partial charge in [0.1, 0.15) is 5.82 Å². The molecule has 0 aromatic heterocycles. The zero-order valence-corrected chi connectivity index (χ0v) is 12.1. The summed E-state index contributed by atoms with van der Waals surface area (Å²) in [6.07, 6.45) is 1.89. The molecule has 1 atom stereocenters. The lowest BCUT2D eigenvalue weighted by atomic mass is 9.82. The minimum absolute atomic E-state index is 0. The van der Waals surface area contributed by atoms with E-state index in [1.165, 1.54) is 6.07 Å². The molecule has 1 heterocycles. The number of anilines is 1. The van der Waals surface area contributed by atoms with Crippen LogP contribution in [0.5, 0.6) is 0 Å². The van der Waals surface area contributed by atoms with Crippen molar-refractivity contribution >= 4 is 24.0 Å². The number of carbonyl (C=O) groups is 1. The van der Waals surface area contributed by atoms with Gasteiger partial charge in [-0.2, -0.15) is 0 Å². The molecule has 0 aliphatic carbocycles. The van der Waals surface area contributed by atoms with Gasteiger partial charge in [-0.3, -0.25) is 4.79 Å². The van der Waals surface area contributed by atoms with E-state index in [0.717, 1.165) is 19.4 Å². The molecule has 19 heavy (non-hydrogen) atoms. The second-order valence-electron chi connectivity index (χ2n) is 5.26. The van der Waals surface area contributed by atoms with Crippen molar-refractivity contribution in [1.29, 1.82) is 0 Å². The van der Waals surface area contributed by atoms with Crippen LogP contribution >= 0.6 is 12.4 Å². The van der Waals surface area contributed by atoms with E-state index in [2.05, 4.69) is 10.6 Å². The third kappa shape index (κ3) is 3.67. The first kappa shape index (κ1) is 15.9. The quantitative estimate of drug-likeness (QED) is 0.878. The minimum Gasteiger partial charge on any atom is -0.326 e. The van der Waals surface area contributed by atoms with Crippen LogP contribution in [0.25, 0.3) is 0 Å². The van der Waals surface area contributed by atoms with Crippen molar-refractivity contribution in [3.05, 3.63) is 29.6 Å². The highest BCUT2D eigenvalue weighted by Crippen LogP contribution is 2.27. The number of hydrogen-bond donors (Lipinski definition) is 2. The standard InChI is InChI=1S/C14H19FN2O.ClH/c1-10-8-11(4-5-12(10)15)17-13(18)14(2)6-3-7-16-9-14;/h4-5,8,16H,3,6-7,9H2,1-2H3,(H,17,18);1H. The van der Waals surface area contributed by atoms with Crippen molar-refractivity contribution in [3.63, 3.8) is 0 Å². The first-order chi connectivity index (χ1) is 8.51. The lowest BCUT2D eigenvalue weighted by Crippen LogP contribution is -2.46. The third-order valence-electron chi connectivity index (χ3n) is 3.56. The molecule has 1 aliphatic heterocycles. The monoisotopic (exact) mass is 286 g/mol. The maximum absolute atomic E-state index is 13.1. The van der Waals surface area contributed by atoms with Crippen LogP contribution in [-0.2, 0) is 4.79 Å². The van der Waals surface area contributed by atoms with Gasteiger partial charge in [0.05, 0.1) is 5.41 Å². The molecule has 1 unspecified atom stereocenters. The third-order valence-corrected chi connectivity index (χ3v) is 3.56. The number of rotatable bonds is 2. The fraction of sp³-hybridized carbons (Fsp3) is 0.500. The van der Waals surface area contributed by atoms with Gasteiger partial charge >= 0.3 is 0 Å². The number of benzene rings is 1. The number of piperidine rings is 1. The Kier molecular flexibility index (Phi) is 5.32. The molecule has 1 fully saturated rings. The molecule has 2 rings (SSSR count). The van der Waals surface area contributed by atoms with Crippen molar-refractivity contribution in [1.82, 2.24) is 5.32 Å². The van der Waals surface area contributed by atoms with E-state index in [9.17, 15) is 9.18 Å². The predicted molar refractivity (Wildman–Crippen MR) is 77.2 cm³/mol. The number of amides is 1. The smallest absolute Gasteiger partial charge is 0.231 e. The number of aryl methyl sites for hydroxylation is 1. The average molecular weight is 287 g/mol. The van der Waals surface area contributed by atoms with Gasteiger partial charge in [-0.1, -0.05) is 0 Å². The van der Waals surface area contributed by atoms with Gasteiger partial charge in [0.25, 0.3) is 0 Å². The Morgan fingerprint density at radius 1 is 1.47 bits per heavy atom. The molecule has 0 radical (unpaired) electrons. The number of nitrogens with one attached hydrogen (secondary N) is 2. The second kappa shape index (κ2) is 6.35. The molecular weight excluding hydrogens is 267 g/mol. The Morgan fingerprint density at radius 2 is 2.21 bits per heavy atom. The fourth-order valence-electron chi connectivity index (χ4n) is 2.25. The van der Waals surface area contributed by atoms with Crippen LogP contribution in [0.1, 0.15) is 25.3 Å². The maximum atomic E-state index is 13.1. The Balaban J connectivity index is 0.00000180. The summed E-state index contributed by atoms with van der Waals surface area (Å²) in [7, 11) is 0. The molecule has 1 amide bonds. The molecule has 1 aliphatic rings. The second-order valence-corrected chi connectivity index (χ2v) is 5.26. The molecule has 106 valence electrons. The summed E-state index contributed by atoms with van der Waals surface area (Å²) in [5, 5.41) is 6.12. The molecule has 0 bridgehead atoms. The van der Waals surface area contributed by atoms with Crippen molar-refractivity contribution in [2.24, 2.45) is 5.41 Å². The number of carbonyl (C=O) groups excluding carboxylic acids is 1. The first-order valence-electron chi connectivity index (χ1n) is 6.30. The van der Waals surface area contributed by atoms with Crippen LogP contribution in [0.15, 0.2) is 18.2 Å². The normalized spacial score (nSPS) is 22.5. The van der Waals surface area contributed by atoms with Gasteiger partial charge in [0.15, 0.2) is 0 Å². The molecule has 5 heteroatoms. The molecule has 2 N–H and O–H groups in total.